The first-order valence-electron chi connectivity index (χ1n) is 9.55. The number of ether oxygens (including phenoxy) is 4. The van der Waals surface area contributed by atoms with Crippen LogP contribution in [0.2, 0.25) is 0 Å². The van der Waals surface area contributed by atoms with E-state index < -0.39 is 80.5 Å². The van der Waals surface area contributed by atoms with E-state index in [4.69, 9.17) is 24.5 Å². The largest absolute Gasteiger partial charge is 0.394 e. The molecule has 31 heavy (non-hydrogen) atoms. The molecule has 178 valence electrons. The SMILES string of the molecule is CC(=O)NC1[C@H](OC2[C@@H](OCCN=[N+]=[N-])OC(CO)[C@@H](O)[C@@H]2O)OC(CO)[C@@H](O)[C@@H]1O. The number of carbonyl (C=O) groups is 1. The molecular weight excluding hydrogens is 424 g/mol. The summed E-state index contributed by atoms with van der Waals surface area (Å²) >= 11 is 0. The quantitative estimate of drug-likeness (QED) is 0.0772. The molecule has 0 spiro atoms. The molecule has 0 radical (unpaired) electrons. The monoisotopic (exact) mass is 452 g/mol. The van der Waals surface area contributed by atoms with Gasteiger partial charge in [0.1, 0.15) is 48.8 Å². The highest BCUT2D eigenvalue weighted by Gasteiger charge is 2.51. The van der Waals surface area contributed by atoms with Gasteiger partial charge in [-0.1, -0.05) is 5.11 Å². The number of nitrogens with zero attached hydrogens (tertiary/aromatic N) is 3. The summed E-state index contributed by atoms with van der Waals surface area (Å²) in [7, 11) is 0. The third kappa shape index (κ3) is 6.21. The zero-order valence-electron chi connectivity index (χ0n) is 16.7. The molecule has 7 N–H and O–H groups in total. The first kappa shape index (κ1) is 25.6. The van der Waals surface area contributed by atoms with Gasteiger partial charge in [-0.25, -0.2) is 0 Å². The lowest BCUT2D eigenvalue weighted by Gasteiger charge is -2.47. The van der Waals surface area contributed by atoms with Crippen LogP contribution in [0.1, 0.15) is 6.92 Å². The fourth-order valence-corrected chi connectivity index (χ4v) is 3.33. The van der Waals surface area contributed by atoms with Gasteiger partial charge >= 0.3 is 0 Å². The smallest absolute Gasteiger partial charge is 0.217 e. The molecule has 0 aromatic carbocycles. The van der Waals surface area contributed by atoms with Gasteiger partial charge in [-0.15, -0.1) is 0 Å². The van der Waals surface area contributed by atoms with Crippen molar-refractivity contribution in [3.8, 4) is 0 Å². The van der Waals surface area contributed by atoms with Crippen molar-refractivity contribution in [2.24, 2.45) is 5.11 Å². The van der Waals surface area contributed by atoms with Crippen LogP contribution in [0, 0.1) is 0 Å². The Morgan fingerprint density at radius 3 is 2.16 bits per heavy atom. The number of aliphatic hydroxyl groups is 6. The summed E-state index contributed by atoms with van der Waals surface area (Å²) < 4.78 is 22.0. The Balaban J connectivity index is 2.24. The van der Waals surface area contributed by atoms with Crippen molar-refractivity contribution < 1.29 is 54.4 Å². The van der Waals surface area contributed by atoms with Crippen LogP contribution in [0.25, 0.3) is 10.4 Å². The lowest BCUT2D eigenvalue weighted by molar-refractivity contribution is -0.354. The van der Waals surface area contributed by atoms with E-state index >= 15 is 0 Å². The lowest BCUT2D eigenvalue weighted by atomic mass is 9.95. The second-order valence-electron chi connectivity index (χ2n) is 7.07. The number of amides is 1. The number of aliphatic hydroxyl groups excluding tert-OH is 6. The average Bonchev–Trinajstić information content (AvgIpc) is 2.74. The molecule has 15 nitrogen and oxygen atoms in total. The number of rotatable bonds is 9. The van der Waals surface area contributed by atoms with E-state index in [2.05, 4.69) is 15.3 Å². The Hall–Kier alpha value is -1.62. The molecule has 2 saturated heterocycles. The zero-order valence-corrected chi connectivity index (χ0v) is 16.7. The number of azide groups is 1. The first-order chi connectivity index (χ1) is 14.7. The first-order valence-corrected chi connectivity index (χ1v) is 9.55. The van der Waals surface area contributed by atoms with Gasteiger partial charge in [-0.05, 0) is 5.53 Å². The van der Waals surface area contributed by atoms with Crippen molar-refractivity contribution in [2.75, 3.05) is 26.4 Å². The van der Waals surface area contributed by atoms with Crippen molar-refractivity contribution in [3.63, 3.8) is 0 Å². The van der Waals surface area contributed by atoms with Crippen molar-refractivity contribution in [1.82, 2.24) is 5.32 Å². The summed E-state index contributed by atoms with van der Waals surface area (Å²) in [6.07, 6.45) is -13.2. The Bertz CT molecular complexity index is 637. The molecule has 4 unspecified atom stereocenters. The molecule has 1 amide bonds. The normalized spacial score (nSPS) is 40.7. The van der Waals surface area contributed by atoms with E-state index in [1.54, 1.807) is 0 Å². The van der Waals surface area contributed by atoms with Crippen LogP contribution < -0.4 is 5.32 Å². The summed E-state index contributed by atoms with van der Waals surface area (Å²) in [5.41, 5.74) is 8.35. The van der Waals surface area contributed by atoms with Gasteiger partial charge < -0.3 is 54.9 Å². The van der Waals surface area contributed by atoms with E-state index in [1.807, 2.05) is 0 Å². The minimum absolute atomic E-state index is 0.0859. The van der Waals surface area contributed by atoms with Gasteiger partial charge in [-0.2, -0.15) is 0 Å². The molecule has 2 aliphatic rings. The van der Waals surface area contributed by atoms with Crippen LogP contribution >= 0.6 is 0 Å². The van der Waals surface area contributed by atoms with Crippen molar-refractivity contribution in [3.05, 3.63) is 10.4 Å². The van der Waals surface area contributed by atoms with E-state index in [1.165, 1.54) is 0 Å². The van der Waals surface area contributed by atoms with E-state index in [0.29, 0.717) is 0 Å². The summed E-state index contributed by atoms with van der Waals surface area (Å²) in [6, 6.07) is -1.31. The number of nitrogens with one attached hydrogen (secondary N) is 1. The third-order valence-corrected chi connectivity index (χ3v) is 4.90. The van der Waals surface area contributed by atoms with Crippen molar-refractivity contribution in [1.29, 1.82) is 0 Å². The molecule has 0 bridgehead atoms. The summed E-state index contributed by atoms with van der Waals surface area (Å²) in [6.45, 7) is -0.415. The third-order valence-electron chi connectivity index (χ3n) is 4.90. The predicted molar refractivity (Wildman–Crippen MR) is 98.0 cm³/mol. The molecule has 0 aliphatic carbocycles. The van der Waals surface area contributed by atoms with E-state index in [0.717, 1.165) is 6.92 Å². The lowest BCUT2D eigenvalue weighted by Crippen LogP contribution is -2.67. The maximum atomic E-state index is 11.5. The molecule has 2 aliphatic heterocycles. The molecular formula is C16H28N4O11. The molecule has 2 rings (SSSR count). The van der Waals surface area contributed by atoms with Crippen LogP contribution in [0.15, 0.2) is 5.11 Å². The predicted octanol–water partition coefficient (Wildman–Crippen LogP) is -3.92. The second-order valence-corrected chi connectivity index (χ2v) is 7.07. The maximum absolute atomic E-state index is 11.5. The van der Waals surface area contributed by atoms with Crippen molar-refractivity contribution in [2.45, 2.75) is 68.3 Å². The Morgan fingerprint density at radius 1 is 1.03 bits per heavy atom. The minimum Gasteiger partial charge on any atom is -0.394 e. The summed E-state index contributed by atoms with van der Waals surface area (Å²) in [4.78, 5) is 14.1. The van der Waals surface area contributed by atoms with Gasteiger partial charge in [0.15, 0.2) is 12.6 Å². The fraction of sp³-hybridized carbons (Fsp3) is 0.938. The van der Waals surface area contributed by atoms with E-state index in [-0.39, 0.29) is 13.2 Å². The molecule has 15 heteroatoms. The standard InChI is InChI=1S/C16H28N4O11/c1-6(23)19-9-12(26)10(24)7(4-21)29-15(9)31-14-13(27)11(25)8(5-22)30-16(14)28-3-2-18-20-17/h7-16,21-22,24-27H,2-5H2,1H3,(H,19,23)/t7?,8?,9?,10-,11-,12-,13+,14?,15+,16+/m1/s1. The Morgan fingerprint density at radius 2 is 1.61 bits per heavy atom. The van der Waals surface area contributed by atoms with Crippen molar-refractivity contribution >= 4 is 5.91 Å². The Kier molecular flexibility index (Phi) is 9.80. The molecule has 0 aromatic rings. The Labute approximate surface area is 176 Å². The van der Waals surface area contributed by atoms with Gasteiger partial charge in [0.25, 0.3) is 0 Å². The summed E-state index contributed by atoms with van der Waals surface area (Å²) in [5, 5.41) is 65.6. The molecule has 10 atom stereocenters. The topological polar surface area (TPSA) is 236 Å². The molecule has 2 heterocycles. The van der Waals surface area contributed by atoms with Gasteiger partial charge in [-0.3, -0.25) is 4.79 Å². The van der Waals surface area contributed by atoms with Crippen LogP contribution in [0.5, 0.6) is 0 Å². The average molecular weight is 452 g/mol. The summed E-state index contributed by atoms with van der Waals surface area (Å²) in [5.74, 6) is -0.584. The molecule has 0 saturated carbocycles. The van der Waals surface area contributed by atoms with Crippen LogP contribution in [0.3, 0.4) is 0 Å². The van der Waals surface area contributed by atoms with Crippen LogP contribution in [-0.4, -0.2) is 124 Å². The van der Waals surface area contributed by atoms with Crippen LogP contribution in [0.4, 0.5) is 0 Å². The van der Waals surface area contributed by atoms with Gasteiger partial charge in [0, 0.05) is 18.4 Å². The maximum Gasteiger partial charge on any atom is 0.217 e. The number of hydrogen-bond acceptors (Lipinski definition) is 12. The zero-order chi connectivity index (χ0) is 23.1. The number of carbonyl (C=O) groups excluding carboxylic acids is 1. The highest BCUT2D eigenvalue weighted by Crippen LogP contribution is 2.29. The molecule has 2 fully saturated rings. The highest BCUT2D eigenvalue weighted by molar-refractivity contribution is 5.73. The minimum atomic E-state index is -1.66. The van der Waals surface area contributed by atoms with Gasteiger partial charge in [0.2, 0.25) is 5.91 Å². The van der Waals surface area contributed by atoms with Crippen LogP contribution in [-0.2, 0) is 23.7 Å². The number of hydrogen-bond donors (Lipinski definition) is 7. The van der Waals surface area contributed by atoms with Gasteiger partial charge in [0.05, 0.1) is 19.8 Å². The fourth-order valence-electron chi connectivity index (χ4n) is 3.33. The van der Waals surface area contributed by atoms with E-state index in [9.17, 15) is 35.4 Å². The molecule has 0 aromatic heterocycles. The second kappa shape index (κ2) is 11.8. The highest BCUT2D eigenvalue weighted by atomic mass is 16.7.